The van der Waals surface area contributed by atoms with Gasteiger partial charge in [0.2, 0.25) is 0 Å². The Balaban J connectivity index is 1.47. The predicted molar refractivity (Wildman–Crippen MR) is 92.4 cm³/mol. The van der Waals surface area contributed by atoms with Crippen molar-refractivity contribution in [3.63, 3.8) is 0 Å². The summed E-state index contributed by atoms with van der Waals surface area (Å²) in [6.45, 7) is 7.42. The second-order valence-corrected chi connectivity index (χ2v) is 9.83. The van der Waals surface area contributed by atoms with Gasteiger partial charge in [-0.15, -0.1) is 0 Å². The fourth-order valence-electron chi connectivity index (χ4n) is 7.60. The lowest BCUT2D eigenvalue weighted by Crippen LogP contribution is -2.67. The molecule has 142 valence electrons. The molecule has 2 saturated carbocycles. The maximum Gasteiger partial charge on any atom is 0.334 e. The molecule has 5 heteroatoms. The van der Waals surface area contributed by atoms with Gasteiger partial charge >= 0.3 is 5.97 Å². The van der Waals surface area contributed by atoms with Crippen molar-refractivity contribution in [2.24, 2.45) is 23.2 Å². The van der Waals surface area contributed by atoms with E-state index in [-0.39, 0.29) is 40.9 Å². The Hall–Kier alpha value is -0.910. The van der Waals surface area contributed by atoms with Crippen molar-refractivity contribution in [1.29, 1.82) is 0 Å². The van der Waals surface area contributed by atoms with Crippen molar-refractivity contribution >= 4 is 5.97 Å². The summed E-state index contributed by atoms with van der Waals surface area (Å²) in [7, 11) is 1.84. The number of fused-ring (bicyclic) bond motifs is 2. The Labute approximate surface area is 154 Å². The van der Waals surface area contributed by atoms with E-state index in [1.807, 2.05) is 7.11 Å². The number of cyclic esters (lactones) is 1. The first kappa shape index (κ1) is 16.1. The van der Waals surface area contributed by atoms with Crippen molar-refractivity contribution in [1.82, 2.24) is 0 Å². The molecule has 6 aliphatic rings. The fraction of sp³-hybridized carbons (Fsp3) is 0.857. The number of methoxy groups -OCH3 is 1. The fourth-order valence-corrected chi connectivity index (χ4v) is 7.60. The highest BCUT2D eigenvalue weighted by atomic mass is 16.7. The van der Waals surface area contributed by atoms with Crippen molar-refractivity contribution in [3.05, 3.63) is 11.1 Å². The molecule has 0 radical (unpaired) electrons. The van der Waals surface area contributed by atoms with Crippen LogP contribution in [0.25, 0.3) is 0 Å². The molecule has 5 nitrogen and oxygen atoms in total. The number of hydrogen-bond acceptors (Lipinski definition) is 5. The largest absolute Gasteiger partial charge is 0.458 e. The van der Waals surface area contributed by atoms with E-state index in [0.29, 0.717) is 24.4 Å². The first-order valence-corrected chi connectivity index (χ1v) is 10.2. The molecule has 0 aromatic heterocycles. The van der Waals surface area contributed by atoms with E-state index in [0.717, 1.165) is 31.3 Å². The summed E-state index contributed by atoms with van der Waals surface area (Å²) in [5.41, 5.74) is 1.64. The van der Waals surface area contributed by atoms with Gasteiger partial charge in [0.1, 0.15) is 12.2 Å². The normalized spacial score (nSPS) is 56.2. The highest BCUT2D eigenvalue weighted by Gasteiger charge is 2.93. The third-order valence-electron chi connectivity index (χ3n) is 8.85. The molecule has 0 aromatic carbocycles. The van der Waals surface area contributed by atoms with Crippen LogP contribution in [0.15, 0.2) is 11.1 Å². The average Bonchev–Trinajstić information content (AvgIpc) is 3.48. The van der Waals surface area contributed by atoms with Crippen LogP contribution in [0.1, 0.15) is 46.5 Å². The van der Waals surface area contributed by atoms with Gasteiger partial charge in [-0.3, -0.25) is 0 Å². The number of carbonyl (C=O) groups is 1. The van der Waals surface area contributed by atoms with E-state index in [4.69, 9.17) is 18.9 Å². The minimum atomic E-state index is -0.285. The van der Waals surface area contributed by atoms with Gasteiger partial charge in [0, 0.05) is 18.1 Å². The SMILES string of the molecule is COC1C(C(C)C)CC2OC23C2(C)CCC4=C(COC4=O)C2CC2OC213. The molecule has 2 spiro atoms. The third kappa shape index (κ3) is 1.45. The third-order valence-corrected chi connectivity index (χ3v) is 8.85. The van der Waals surface area contributed by atoms with Crippen LogP contribution in [0, 0.1) is 23.2 Å². The van der Waals surface area contributed by atoms with E-state index in [2.05, 4.69) is 20.8 Å². The van der Waals surface area contributed by atoms with Gasteiger partial charge in [0.25, 0.3) is 0 Å². The van der Waals surface area contributed by atoms with E-state index < -0.39 is 0 Å². The molecule has 3 heterocycles. The highest BCUT2D eigenvalue weighted by molar-refractivity contribution is 5.92. The van der Waals surface area contributed by atoms with Crippen molar-refractivity contribution in [2.45, 2.75) is 76.0 Å². The lowest BCUT2D eigenvalue weighted by atomic mass is 9.46. The smallest absolute Gasteiger partial charge is 0.334 e. The quantitative estimate of drug-likeness (QED) is 0.560. The summed E-state index contributed by atoms with van der Waals surface area (Å²) in [5, 5.41) is 0. The van der Waals surface area contributed by atoms with Gasteiger partial charge < -0.3 is 18.9 Å². The van der Waals surface area contributed by atoms with Crippen LogP contribution in [-0.2, 0) is 23.7 Å². The molecular formula is C21H28O5. The molecule has 6 rings (SSSR count). The minimum Gasteiger partial charge on any atom is -0.458 e. The van der Waals surface area contributed by atoms with E-state index >= 15 is 0 Å². The zero-order valence-electron chi connectivity index (χ0n) is 16.0. The molecule has 2 saturated heterocycles. The summed E-state index contributed by atoms with van der Waals surface area (Å²) in [5.74, 6) is 1.25. The van der Waals surface area contributed by atoms with Crippen LogP contribution in [0.5, 0.6) is 0 Å². The number of ether oxygens (including phenoxy) is 4. The van der Waals surface area contributed by atoms with E-state index in [1.54, 1.807) is 0 Å². The Kier molecular flexibility index (Phi) is 2.82. The van der Waals surface area contributed by atoms with Gasteiger partial charge in [-0.05, 0) is 49.0 Å². The molecule has 0 N–H and O–H groups in total. The Morgan fingerprint density at radius 3 is 2.73 bits per heavy atom. The molecule has 0 amide bonds. The standard InChI is InChI=1S/C21H28O5/c1-10(2)12-7-16-21(26-16)19(3)6-5-11-13(9-24-18(11)22)14(19)8-15-20(21,25-15)17(12)23-4/h10,12,14-17H,5-9H2,1-4H3. The van der Waals surface area contributed by atoms with Crippen LogP contribution in [0.2, 0.25) is 0 Å². The minimum absolute atomic E-state index is 0.00376. The lowest BCUT2D eigenvalue weighted by molar-refractivity contribution is -0.136. The zero-order valence-corrected chi connectivity index (χ0v) is 16.0. The summed E-state index contributed by atoms with van der Waals surface area (Å²) in [6, 6.07) is 0. The van der Waals surface area contributed by atoms with E-state index in [1.165, 1.54) is 5.57 Å². The van der Waals surface area contributed by atoms with E-state index in [9.17, 15) is 4.79 Å². The highest BCUT2D eigenvalue weighted by Crippen LogP contribution is 2.79. The molecular weight excluding hydrogens is 332 g/mol. The van der Waals surface area contributed by atoms with Gasteiger partial charge in [-0.25, -0.2) is 4.79 Å². The Morgan fingerprint density at radius 2 is 2.00 bits per heavy atom. The summed E-state index contributed by atoms with van der Waals surface area (Å²) in [4.78, 5) is 12.1. The van der Waals surface area contributed by atoms with Gasteiger partial charge in [-0.2, -0.15) is 0 Å². The van der Waals surface area contributed by atoms with Crippen molar-refractivity contribution < 1.29 is 23.7 Å². The number of epoxide rings is 2. The molecule has 0 bridgehead atoms. The van der Waals surface area contributed by atoms with Gasteiger partial charge in [0.05, 0.1) is 18.3 Å². The summed E-state index contributed by atoms with van der Waals surface area (Å²) >= 11 is 0. The van der Waals surface area contributed by atoms with Crippen molar-refractivity contribution in [2.75, 3.05) is 13.7 Å². The number of esters is 1. The monoisotopic (exact) mass is 360 g/mol. The first-order chi connectivity index (χ1) is 12.4. The topological polar surface area (TPSA) is 60.6 Å². The number of rotatable bonds is 2. The molecule has 3 aliphatic carbocycles. The van der Waals surface area contributed by atoms with Crippen molar-refractivity contribution in [3.8, 4) is 0 Å². The Bertz CT molecular complexity index is 743. The second kappa shape index (κ2) is 4.56. The molecule has 0 aromatic rings. The second-order valence-electron chi connectivity index (χ2n) is 9.83. The van der Waals surface area contributed by atoms with Crippen LogP contribution in [-0.4, -0.2) is 49.2 Å². The van der Waals surface area contributed by atoms with Crippen LogP contribution in [0.3, 0.4) is 0 Å². The Morgan fingerprint density at radius 1 is 1.19 bits per heavy atom. The first-order valence-electron chi connectivity index (χ1n) is 10.2. The molecule has 3 aliphatic heterocycles. The lowest BCUT2D eigenvalue weighted by Gasteiger charge is -2.54. The number of carbonyl (C=O) groups excluding carboxylic acids is 1. The van der Waals surface area contributed by atoms with Gasteiger partial charge in [-0.1, -0.05) is 20.8 Å². The maximum absolute atomic E-state index is 12.1. The summed E-state index contributed by atoms with van der Waals surface area (Å²) in [6.07, 6.45) is 4.35. The number of hydrogen-bond donors (Lipinski definition) is 0. The molecule has 8 atom stereocenters. The van der Waals surface area contributed by atoms with Gasteiger partial charge in [0.15, 0.2) is 5.60 Å². The van der Waals surface area contributed by atoms with Crippen LogP contribution < -0.4 is 0 Å². The molecule has 4 fully saturated rings. The van der Waals surface area contributed by atoms with Crippen LogP contribution in [0.4, 0.5) is 0 Å². The van der Waals surface area contributed by atoms with Crippen LogP contribution >= 0.6 is 0 Å². The molecule has 26 heavy (non-hydrogen) atoms. The maximum atomic E-state index is 12.1. The molecule has 8 unspecified atom stereocenters. The zero-order chi connectivity index (χ0) is 18.1. The average molecular weight is 360 g/mol. The predicted octanol–water partition coefficient (Wildman–Crippen LogP) is 2.63. The summed E-state index contributed by atoms with van der Waals surface area (Å²) < 4.78 is 24.7.